The number of hydrogen-bond acceptors (Lipinski definition) is 2. The van der Waals surface area contributed by atoms with Gasteiger partial charge in [-0.05, 0) is 60.1 Å². The minimum atomic E-state index is -0.212. The highest BCUT2D eigenvalue weighted by Crippen LogP contribution is 2.35. The molecule has 0 saturated carbocycles. The highest BCUT2D eigenvalue weighted by Gasteiger charge is 2.17. The lowest BCUT2D eigenvalue weighted by molar-refractivity contribution is 0.628. The maximum absolute atomic E-state index is 13.7. The van der Waals surface area contributed by atoms with Gasteiger partial charge in [-0.15, -0.1) is 0 Å². The molecular weight excluding hydrogens is 354 g/mol. The number of nitrogens with zero attached hydrogens (tertiary/aromatic N) is 1. The van der Waals surface area contributed by atoms with Crippen LogP contribution in [0.4, 0.5) is 10.1 Å². The van der Waals surface area contributed by atoms with E-state index in [1.54, 1.807) is 6.07 Å². The van der Waals surface area contributed by atoms with Crippen LogP contribution in [0.3, 0.4) is 0 Å². The predicted octanol–water partition coefficient (Wildman–Crippen LogP) is 4.84. The number of pyridine rings is 1. The van der Waals surface area contributed by atoms with Crippen LogP contribution < -0.4 is 5.32 Å². The normalized spacial score (nSPS) is 11.3. The van der Waals surface area contributed by atoms with E-state index in [4.69, 9.17) is 0 Å². The van der Waals surface area contributed by atoms with Gasteiger partial charge in [-0.1, -0.05) is 13.8 Å². The van der Waals surface area contributed by atoms with Crippen LogP contribution >= 0.6 is 22.6 Å². The maximum atomic E-state index is 13.7. The van der Waals surface area contributed by atoms with E-state index in [0.29, 0.717) is 5.92 Å². The second-order valence-corrected chi connectivity index (χ2v) is 6.12. The van der Waals surface area contributed by atoms with E-state index in [1.165, 1.54) is 11.6 Å². The quantitative estimate of drug-likeness (QED) is 0.780. The molecule has 1 N–H and O–H groups in total. The molecule has 4 heteroatoms. The molecule has 0 spiro atoms. The topological polar surface area (TPSA) is 24.9 Å². The van der Waals surface area contributed by atoms with Crippen molar-refractivity contribution in [2.75, 3.05) is 11.9 Å². The molecule has 0 aliphatic rings. The average molecular weight is 372 g/mol. The Labute approximate surface area is 126 Å². The SMILES string of the molecule is CCNc1c(C(C)C)c(C)nc2c(I)cc(F)cc12. The molecule has 0 saturated heterocycles. The number of halogens is 2. The molecule has 0 bridgehead atoms. The summed E-state index contributed by atoms with van der Waals surface area (Å²) < 4.78 is 14.5. The Hall–Kier alpha value is -0.910. The van der Waals surface area contributed by atoms with Crippen molar-refractivity contribution in [3.63, 3.8) is 0 Å². The van der Waals surface area contributed by atoms with Gasteiger partial charge < -0.3 is 5.32 Å². The van der Waals surface area contributed by atoms with Crippen molar-refractivity contribution >= 4 is 39.2 Å². The molecule has 2 aromatic rings. The van der Waals surface area contributed by atoms with Crippen LogP contribution in [0.2, 0.25) is 0 Å². The Morgan fingerprint density at radius 1 is 1.37 bits per heavy atom. The Morgan fingerprint density at radius 3 is 2.63 bits per heavy atom. The van der Waals surface area contributed by atoms with Crippen molar-refractivity contribution in [2.24, 2.45) is 0 Å². The first-order valence-electron chi connectivity index (χ1n) is 6.48. The fraction of sp³-hybridized carbons (Fsp3) is 0.400. The van der Waals surface area contributed by atoms with Gasteiger partial charge >= 0.3 is 0 Å². The zero-order valence-electron chi connectivity index (χ0n) is 11.6. The number of benzene rings is 1. The number of hydrogen-bond donors (Lipinski definition) is 1. The molecule has 0 radical (unpaired) electrons. The van der Waals surface area contributed by atoms with Crippen LogP contribution in [0, 0.1) is 16.3 Å². The van der Waals surface area contributed by atoms with Gasteiger partial charge in [0.05, 0.1) is 5.52 Å². The van der Waals surface area contributed by atoms with E-state index in [9.17, 15) is 4.39 Å². The molecule has 2 rings (SSSR count). The lowest BCUT2D eigenvalue weighted by Crippen LogP contribution is -2.07. The van der Waals surface area contributed by atoms with Crippen LogP contribution in [0.25, 0.3) is 10.9 Å². The van der Waals surface area contributed by atoms with E-state index >= 15 is 0 Å². The number of aryl methyl sites for hydroxylation is 1. The summed E-state index contributed by atoms with van der Waals surface area (Å²) in [7, 11) is 0. The molecule has 2 nitrogen and oxygen atoms in total. The Bertz CT molecular complexity index is 623. The standard InChI is InChI=1S/C15H18FIN2/c1-5-18-15-11-6-10(16)7-12(17)14(11)19-9(4)13(15)8(2)3/h6-8H,5H2,1-4H3,(H,18,19). The van der Waals surface area contributed by atoms with Gasteiger partial charge in [-0.3, -0.25) is 4.98 Å². The lowest BCUT2D eigenvalue weighted by Gasteiger charge is -2.19. The van der Waals surface area contributed by atoms with Gasteiger partial charge in [0.15, 0.2) is 0 Å². The molecule has 1 aromatic heterocycles. The summed E-state index contributed by atoms with van der Waals surface area (Å²) in [5.41, 5.74) is 4.09. The molecule has 0 unspecified atom stereocenters. The highest BCUT2D eigenvalue weighted by molar-refractivity contribution is 14.1. The van der Waals surface area contributed by atoms with E-state index in [-0.39, 0.29) is 5.82 Å². The summed E-state index contributed by atoms with van der Waals surface area (Å²) in [4.78, 5) is 4.67. The number of nitrogens with one attached hydrogen (secondary N) is 1. The number of fused-ring (bicyclic) bond motifs is 1. The van der Waals surface area contributed by atoms with Gasteiger partial charge in [-0.2, -0.15) is 0 Å². The van der Waals surface area contributed by atoms with Crippen LogP contribution in [0.5, 0.6) is 0 Å². The number of rotatable bonds is 3. The van der Waals surface area contributed by atoms with Crippen LogP contribution in [-0.4, -0.2) is 11.5 Å². The Kier molecular flexibility index (Phi) is 4.28. The second kappa shape index (κ2) is 5.61. The summed E-state index contributed by atoms with van der Waals surface area (Å²) in [5, 5.41) is 4.26. The summed E-state index contributed by atoms with van der Waals surface area (Å²) in [6, 6.07) is 3.11. The van der Waals surface area contributed by atoms with Crippen molar-refractivity contribution in [3.05, 3.63) is 32.8 Å². The van der Waals surface area contributed by atoms with Crippen LogP contribution in [-0.2, 0) is 0 Å². The van der Waals surface area contributed by atoms with Gasteiger partial charge in [0.25, 0.3) is 0 Å². The fourth-order valence-corrected chi connectivity index (χ4v) is 3.21. The third-order valence-corrected chi connectivity index (χ3v) is 3.99. The van der Waals surface area contributed by atoms with Gasteiger partial charge in [0.1, 0.15) is 5.82 Å². The molecule has 1 heterocycles. The molecule has 102 valence electrons. The van der Waals surface area contributed by atoms with Crippen molar-refractivity contribution < 1.29 is 4.39 Å². The lowest BCUT2D eigenvalue weighted by atomic mass is 9.96. The molecule has 0 amide bonds. The smallest absolute Gasteiger partial charge is 0.125 e. The fourth-order valence-electron chi connectivity index (χ4n) is 2.50. The minimum Gasteiger partial charge on any atom is -0.384 e. The van der Waals surface area contributed by atoms with Crippen molar-refractivity contribution in [2.45, 2.75) is 33.6 Å². The summed E-state index contributed by atoms with van der Waals surface area (Å²) in [5.74, 6) is 0.142. The van der Waals surface area contributed by atoms with E-state index in [0.717, 1.165) is 32.4 Å². The first-order chi connectivity index (χ1) is 8.95. The van der Waals surface area contributed by atoms with Gasteiger partial charge in [-0.25, -0.2) is 4.39 Å². The molecule has 0 fully saturated rings. The molecule has 1 aromatic carbocycles. The first-order valence-corrected chi connectivity index (χ1v) is 7.56. The summed E-state index contributed by atoms with van der Waals surface area (Å²) in [6.07, 6.45) is 0. The first kappa shape index (κ1) is 14.5. The number of aromatic nitrogens is 1. The van der Waals surface area contributed by atoms with Gasteiger partial charge in [0.2, 0.25) is 0 Å². The number of anilines is 1. The monoisotopic (exact) mass is 372 g/mol. The largest absolute Gasteiger partial charge is 0.384 e. The Morgan fingerprint density at radius 2 is 2.05 bits per heavy atom. The molecule has 0 aliphatic heterocycles. The summed E-state index contributed by atoms with van der Waals surface area (Å²) in [6.45, 7) is 9.16. The van der Waals surface area contributed by atoms with E-state index in [2.05, 4.69) is 53.7 Å². The van der Waals surface area contributed by atoms with Crippen molar-refractivity contribution in [1.29, 1.82) is 0 Å². The van der Waals surface area contributed by atoms with Crippen molar-refractivity contribution in [3.8, 4) is 0 Å². The van der Waals surface area contributed by atoms with E-state index in [1.807, 2.05) is 6.92 Å². The van der Waals surface area contributed by atoms with Crippen LogP contribution in [0.1, 0.15) is 37.9 Å². The molecular formula is C15H18FIN2. The predicted molar refractivity (Wildman–Crippen MR) is 87.4 cm³/mol. The Balaban J connectivity index is 2.89. The van der Waals surface area contributed by atoms with Gasteiger partial charge in [0, 0.05) is 26.9 Å². The zero-order valence-corrected chi connectivity index (χ0v) is 13.8. The third-order valence-electron chi connectivity index (χ3n) is 3.17. The van der Waals surface area contributed by atoms with E-state index < -0.39 is 0 Å². The molecule has 0 atom stereocenters. The van der Waals surface area contributed by atoms with Crippen molar-refractivity contribution in [1.82, 2.24) is 4.98 Å². The summed E-state index contributed by atoms with van der Waals surface area (Å²) >= 11 is 2.14. The second-order valence-electron chi connectivity index (χ2n) is 4.95. The maximum Gasteiger partial charge on any atom is 0.125 e. The third kappa shape index (κ3) is 2.68. The molecule has 19 heavy (non-hydrogen) atoms. The minimum absolute atomic E-state index is 0.212. The van der Waals surface area contributed by atoms with Crippen LogP contribution in [0.15, 0.2) is 12.1 Å². The highest BCUT2D eigenvalue weighted by atomic mass is 127. The molecule has 0 aliphatic carbocycles. The zero-order chi connectivity index (χ0) is 14.2. The average Bonchev–Trinajstić information content (AvgIpc) is 2.30.